The van der Waals surface area contributed by atoms with E-state index in [9.17, 15) is 4.79 Å². The second-order valence-corrected chi connectivity index (χ2v) is 6.01. The SMILES string of the molecule is COc1ccc(Br)c(C(=O)Nc2ccnn2Cc2ccccc2)c1. The number of ether oxygens (including phenoxy) is 1. The van der Waals surface area contributed by atoms with E-state index in [0.29, 0.717) is 28.1 Å². The van der Waals surface area contributed by atoms with Gasteiger partial charge in [-0.2, -0.15) is 5.10 Å². The summed E-state index contributed by atoms with van der Waals surface area (Å²) in [6, 6.07) is 17.0. The lowest BCUT2D eigenvalue weighted by Gasteiger charge is -2.11. The fraction of sp³-hybridized carbons (Fsp3) is 0.111. The number of methoxy groups -OCH3 is 1. The lowest BCUT2D eigenvalue weighted by molar-refractivity contribution is 0.102. The Kier molecular flexibility index (Phi) is 4.96. The Hall–Kier alpha value is -2.60. The molecule has 0 radical (unpaired) electrons. The number of hydrogen-bond donors (Lipinski definition) is 1. The van der Waals surface area contributed by atoms with E-state index >= 15 is 0 Å². The van der Waals surface area contributed by atoms with Gasteiger partial charge in [0.2, 0.25) is 0 Å². The minimum atomic E-state index is -0.226. The molecule has 2 aromatic carbocycles. The molecule has 0 saturated heterocycles. The zero-order valence-electron chi connectivity index (χ0n) is 13.1. The molecule has 1 amide bonds. The van der Waals surface area contributed by atoms with Crippen molar-refractivity contribution in [2.75, 3.05) is 12.4 Å². The smallest absolute Gasteiger partial charge is 0.258 e. The molecule has 1 aromatic heterocycles. The average molecular weight is 386 g/mol. The molecule has 0 aliphatic heterocycles. The molecule has 0 atom stereocenters. The van der Waals surface area contributed by atoms with Crippen LogP contribution in [0.15, 0.2) is 65.3 Å². The molecular formula is C18H16BrN3O2. The Bertz CT molecular complexity index is 846. The molecule has 1 heterocycles. The van der Waals surface area contributed by atoms with Gasteiger partial charge in [-0.25, -0.2) is 4.68 Å². The zero-order chi connectivity index (χ0) is 16.9. The van der Waals surface area contributed by atoms with Crippen molar-refractivity contribution in [1.29, 1.82) is 0 Å². The highest BCUT2D eigenvalue weighted by Crippen LogP contribution is 2.23. The number of halogens is 1. The normalized spacial score (nSPS) is 10.4. The van der Waals surface area contributed by atoms with E-state index in [0.717, 1.165) is 5.56 Å². The molecule has 24 heavy (non-hydrogen) atoms. The first-order chi connectivity index (χ1) is 11.7. The first kappa shape index (κ1) is 16.3. The van der Waals surface area contributed by atoms with E-state index in [-0.39, 0.29) is 5.91 Å². The van der Waals surface area contributed by atoms with E-state index in [2.05, 4.69) is 26.3 Å². The Balaban J connectivity index is 1.80. The van der Waals surface area contributed by atoms with Crippen molar-refractivity contribution >= 4 is 27.7 Å². The van der Waals surface area contributed by atoms with Crippen molar-refractivity contribution < 1.29 is 9.53 Å². The standard InChI is InChI=1S/C18H16BrN3O2/c1-24-14-7-8-16(19)15(11-14)18(23)21-17-9-10-20-22(17)12-13-5-3-2-4-6-13/h2-11H,12H2,1H3,(H,21,23). The highest BCUT2D eigenvalue weighted by molar-refractivity contribution is 9.10. The van der Waals surface area contributed by atoms with Crippen LogP contribution < -0.4 is 10.1 Å². The van der Waals surface area contributed by atoms with Gasteiger partial charge in [-0.05, 0) is 39.7 Å². The van der Waals surface area contributed by atoms with Gasteiger partial charge < -0.3 is 10.1 Å². The van der Waals surface area contributed by atoms with Gasteiger partial charge in [0.05, 0.1) is 25.4 Å². The van der Waals surface area contributed by atoms with Crippen LogP contribution >= 0.6 is 15.9 Å². The third-order valence-electron chi connectivity index (χ3n) is 3.55. The second kappa shape index (κ2) is 7.31. The molecule has 0 aliphatic rings. The number of carbonyl (C=O) groups is 1. The molecule has 0 aliphatic carbocycles. The largest absolute Gasteiger partial charge is 0.497 e. The van der Waals surface area contributed by atoms with Crippen LogP contribution in [0.3, 0.4) is 0 Å². The molecule has 3 aromatic rings. The highest BCUT2D eigenvalue weighted by atomic mass is 79.9. The molecule has 0 bridgehead atoms. The van der Waals surface area contributed by atoms with Crippen molar-refractivity contribution in [3.05, 3.63) is 76.4 Å². The lowest BCUT2D eigenvalue weighted by Crippen LogP contribution is -2.16. The number of aromatic nitrogens is 2. The minimum absolute atomic E-state index is 0.226. The maximum Gasteiger partial charge on any atom is 0.258 e. The number of amides is 1. The van der Waals surface area contributed by atoms with Crippen molar-refractivity contribution in [3.63, 3.8) is 0 Å². The van der Waals surface area contributed by atoms with Gasteiger partial charge in [-0.15, -0.1) is 0 Å². The molecule has 0 fully saturated rings. The van der Waals surface area contributed by atoms with Crippen molar-refractivity contribution in [3.8, 4) is 5.75 Å². The van der Waals surface area contributed by atoms with Crippen LogP contribution in [-0.4, -0.2) is 22.8 Å². The number of rotatable bonds is 5. The van der Waals surface area contributed by atoms with E-state index in [4.69, 9.17) is 4.74 Å². The summed E-state index contributed by atoms with van der Waals surface area (Å²) in [6.07, 6.45) is 1.67. The Morgan fingerprint density at radius 2 is 2.00 bits per heavy atom. The van der Waals surface area contributed by atoms with E-state index in [1.807, 2.05) is 30.3 Å². The quantitative estimate of drug-likeness (QED) is 0.723. The molecule has 3 rings (SSSR count). The van der Waals surface area contributed by atoms with E-state index in [1.54, 1.807) is 42.3 Å². The van der Waals surface area contributed by atoms with Gasteiger partial charge in [0, 0.05) is 10.5 Å². The Labute approximate surface area is 148 Å². The van der Waals surface area contributed by atoms with Gasteiger partial charge in [-0.1, -0.05) is 30.3 Å². The van der Waals surface area contributed by atoms with Crippen molar-refractivity contribution in [1.82, 2.24) is 9.78 Å². The van der Waals surface area contributed by atoms with Crippen LogP contribution in [-0.2, 0) is 6.54 Å². The van der Waals surface area contributed by atoms with Gasteiger partial charge in [0.25, 0.3) is 5.91 Å². The Morgan fingerprint density at radius 3 is 2.75 bits per heavy atom. The van der Waals surface area contributed by atoms with Gasteiger partial charge in [0.1, 0.15) is 11.6 Å². The van der Waals surface area contributed by atoms with Crippen LogP contribution in [0.4, 0.5) is 5.82 Å². The van der Waals surface area contributed by atoms with Crippen LogP contribution in [0.5, 0.6) is 5.75 Å². The first-order valence-electron chi connectivity index (χ1n) is 7.38. The maximum absolute atomic E-state index is 12.6. The van der Waals surface area contributed by atoms with Crippen LogP contribution in [0.25, 0.3) is 0 Å². The highest BCUT2D eigenvalue weighted by Gasteiger charge is 2.14. The predicted molar refractivity (Wildman–Crippen MR) is 96.4 cm³/mol. The summed E-state index contributed by atoms with van der Waals surface area (Å²) in [6.45, 7) is 0.586. The summed E-state index contributed by atoms with van der Waals surface area (Å²) >= 11 is 3.40. The zero-order valence-corrected chi connectivity index (χ0v) is 14.7. The predicted octanol–water partition coefficient (Wildman–Crippen LogP) is 3.95. The first-order valence-corrected chi connectivity index (χ1v) is 8.17. The minimum Gasteiger partial charge on any atom is -0.497 e. The number of hydrogen-bond acceptors (Lipinski definition) is 3. The molecule has 5 nitrogen and oxygen atoms in total. The Morgan fingerprint density at radius 1 is 1.21 bits per heavy atom. The van der Waals surface area contributed by atoms with Gasteiger partial charge in [0.15, 0.2) is 0 Å². The molecule has 0 saturated carbocycles. The van der Waals surface area contributed by atoms with Crippen LogP contribution in [0.1, 0.15) is 15.9 Å². The van der Waals surface area contributed by atoms with Crippen LogP contribution in [0, 0.1) is 0 Å². The number of nitrogens with one attached hydrogen (secondary N) is 1. The molecule has 1 N–H and O–H groups in total. The molecular weight excluding hydrogens is 370 g/mol. The van der Waals surface area contributed by atoms with E-state index in [1.165, 1.54) is 0 Å². The van der Waals surface area contributed by atoms with Crippen molar-refractivity contribution in [2.24, 2.45) is 0 Å². The summed E-state index contributed by atoms with van der Waals surface area (Å²) in [5, 5.41) is 7.18. The number of benzene rings is 2. The third-order valence-corrected chi connectivity index (χ3v) is 4.24. The molecule has 122 valence electrons. The number of anilines is 1. The number of carbonyl (C=O) groups excluding carboxylic acids is 1. The monoisotopic (exact) mass is 385 g/mol. The summed E-state index contributed by atoms with van der Waals surface area (Å²) < 4.78 is 7.63. The average Bonchev–Trinajstić information content (AvgIpc) is 3.03. The summed E-state index contributed by atoms with van der Waals surface area (Å²) in [7, 11) is 1.57. The van der Waals surface area contributed by atoms with Gasteiger partial charge in [-0.3, -0.25) is 4.79 Å². The van der Waals surface area contributed by atoms with E-state index < -0.39 is 0 Å². The molecule has 6 heteroatoms. The molecule has 0 spiro atoms. The fourth-order valence-corrected chi connectivity index (χ4v) is 2.74. The van der Waals surface area contributed by atoms with Crippen LogP contribution in [0.2, 0.25) is 0 Å². The number of nitrogens with zero attached hydrogens (tertiary/aromatic N) is 2. The second-order valence-electron chi connectivity index (χ2n) is 5.16. The fourth-order valence-electron chi connectivity index (χ4n) is 2.31. The summed E-state index contributed by atoms with van der Waals surface area (Å²) in [4.78, 5) is 12.6. The lowest BCUT2D eigenvalue weighted by atomic mass is 10.2. The van der Waals surface area contributed by atoms with Gasteiger partial charge >= 0.3 is 0 Å². The topological polar surface area (TPSA) is 56.1 Å². The maximum atomic E-state index is 12.6. The van der Waals surface area contributed by atoms with Crippen molar-refractivity contribution in [2.45, 2.75) is 6.54 Å². The summed E-state index contributed by atoms with van der Waals surface area (Å²) in [5.41, 5.74) is 1.61. The third kappa shape index (κ3) is 3.65. The summed E-state index contributed by atoms with van der Waals surface area (Å²) in [5.74, 6) is 1.04. The molecule has 0 unspecified atom stereocenters.